The minimum absolute atomic E-state index is 0.00231. The summed E-state index contributed by atoms with van der Waals surface area (Å²) in [6.07, 6.45) is 0.791. The van der Waals surface area contributed by atoms with Crippen molar-refractivity contribution in [1.82, 2.24) is 4.90 Å². The Bertz CT molecular complexity index is 534. The smallest absolute Gasteiger partial charge is 0.256 e. The van der Waals surface area contributed by atoms with Gasteiger partial charge < -0.3 is 15.1 Å². The van der Waals surface area contributed by atoms with Crippen molar-refractivity contribution in [3.8, 4) is 11.8 Å². The summed E-state index contributed by atoms with van der Waals surface area (Å²) in [4.78, 5) is 13.7. The minimum atomic E-state index is -0.613. The van der Waals surface area contributed by atoms with Crippen molar-refractivity contribution in [3.63, 3.8) is 0 Å². The molecular weight excluding hydrogens is 273 g/mol. The number of hydrogen-bond acceptors (Lipinski definition) is 3. The summed E-state index contributed by atoms with van der Waals surface area (Å²) in [6.45, 7) is 2.61. The van der Waals surface area contributed by atoms with Crippen molar-refractivity contribution >= 4 is 5.91 Å². The number of hydrogen-bond donors (Lipinski definition) is 2. The summed E-state index contributed by atoms with van der Waals surface area (Å²) in [7, 11) is 0. The van der Waals surface area contributed by atoms with Gasteiger partial charge in [-0.3, -0.25) is 4.79 Å². The summed E-state index contributed by atoms with van der Waals surface area (Å²) in [5.41, 5.74) is 0.471. The Labute approximate surface area is 124 Å². The Morgan fingerprint density at radius 1 is 1.33 bits per heavy atom. The van der Waals surface area contributed by atoms with Crippen LogP contribution in [0.15, 0.2) is 18.2 Å². The first kappa shape index (κ1) is 17.2. The van der Waals surface area contributed by atoms with Gasteiger partial charge in [0.1, 0.15) is 5.82 Å². The van der Waals surface area contributed by atoms with Crippen LogP contribution >= 0.6 is 0 Å². The van der Waals surface area contributed by atoms with Gasteiger partial charge in [0, 0.05) is 31.7 Å². The molecule has 1 amide bonds. The fraction of sp³-hybridized carbons (Fsp3) is 0.438. The molecule has 0 saturated carbocycles. The molecule has 21 heavy (non-hydrogen) atoms. The predicted octanol–water partition coefficient (Wildman–Crippen LogP) is 1.40. The molecule has 0 fully saturated rings. The van der Waals surface area contributed by atoms with Gasteiger partial charge in [-0.2, -0.15) is 0 Å². The summed E-state index contributed by atoms with van der Waals surface area (Å²) in [5, 5.41) is 17.4. The second kappa shape index (κ2) is 9.11. The van der Waals surface area contributed by atoms with Gasteiger partial charge >= 0.3 is 0 Å². The van der Waals surface area contributed by atoms with Gasteiger partial charge in [0.05, 0.1) is 12.2 Å². The first-order chi connectivity index (χ1) is 10.1. The van der Waals surface area contributed by atoms with Crippen molar-refractivity contribution in [3.05, 3.63) is 35.1 Å². The van der Waals surface area contributed by atoms with Crippen LogP contribution in [-0.4, -0.2) is 47.3 Å². The summed E-state index contributed by atoms with van der Waals surface area (Å²) in [6, 6.07) is 4.22. The number of aliphatic hydroxyl groups excluding tert-OH is 2. The number of aliphatic hydroxyl groups is 2. The van der Waals surface area contributed by atoms with E-state index in [2.05, 4.69) is 11.8 Å². The Hall–Kier alpha value is -1.90. The van der Waals surface area contributed by atoms with Gasteiger partial charge in [0.15, 0.2) is 0 Å². The normalized spacial score (nSPS) is 9.90. The fourth-order valence-corrected chi connectivity index (χ4v) is 1.82. The van der Waals surface area contributed by atoms with E-state index < -0.39 is 11.7 Å². The third-order valence-corrected chi connectivity index (χ3v) is 2.92. The molecule has 0 atom stereocenters. The number of amides is 1. The monoisotopic (exact) mass is 293 g/mol. The van der Waals surface area contributed by atoms with Gasteiger partial charge in [-0.05, 0) is 31.5 Å². The summed E-state index contributed by atoms with van der Waals surface area (Å²) >= 11 is 0. The molecule has 0 bridgehead atoms. The Kier molecular flexibility index (Phi) is 7.44. The molecule has 5 heteroatoms. The molecule has 1 aromatic rings. The van der Waals surface area contributed by atoms with Crippen LogP contribution in [0.4, 0.5) is 4.39 Å². The highest BCUT2D eigenvalue weighted by molar-refractivity contribution is 5.94. The van der Waals surface area contributed by atoms with Crippen molar-refractivity contribution < 1.29 is 19.4 Å². The molecule has 114 valence electrons. The molecule has 0 unspecified atom stereocenters. The maximum absolute atomic E-state index is 14.0. The summed E-state index contributed by atoms with van der Waals surface area (Å²) in [5.74, 6) is 4.42. The minimum Gasteiger partial charge on any atom is -0.396 e. The predicted molar refractivity (Wildman–Crippen MR) is 78.3 cm³/mol. The van der Waals surface area contributed by atoms with E-state index in [0.717, 1.165) is 0 Å². The molecular formula is C16H20FNO3. The molecule has 0 aliphatic carbocycles. The molecule has 4 nitrogen and oxygen atoms in total. The number of nitrogens with zero attached hydrogens (tertiary/aromatic N) is 1. The van der Waals surface area contributed by atoms with Crippen molar-refractivity contribution in [2.24, 2.45) is 0 Å². The quantitative estimate of drug-likeness (QED) is 0.780. The lowest BCUT2D eigenvalue weighted by atomic mass is 10.1. The van der Waals surface area contributed by atoms with E-state index >= 15 is 0 Å². The number of carbonyl (C=O) groups excluding carboxylic acids is 1. The molecule has 0 aliphatic heterocycles. The SMILES string of the molecule is CCN(CCCO)C(=O)c1ccc(C#CCCO)cc1F. The lowest BCUT2D eigenvalue weighted by Crippen LogP contribution is -2.32. The maximum Gasteiger partial charge on any atom is 0.256 e. The topological polar surface area (TPSA) is 60.8 Å². The number of benzene rings is 1. The molecule has 0 aliphatic rings. The van der Waals surface area contributed by atoms with Crippen LogP contribution in [0.25, 0.3) is 0 Å². The molecule has 0 spiro atoms. The average molecular weight is 293 g/mol. The Morgan fingerprint density at radius 2 is 2.10 bits per heavy atom. The molecule has 0 saturated heterocycles. The third-order valence-electron chi connectivity index (χ3n) is 2.92. The first-order valence-electron chi connectivity index (χ1n) is 6.93. The summed E-state index contributed by atoms with van der Waals surface area (Å²) < 4.78 is 14.0. The molecule has 1 rings (SSSR count). The molecule has 0 heterocycles. The zero-order valence-electron chi connectivity index (χ0n) is 12.1. The highest BCUT2D eigenvalue weighted by Crippen LogP contribution is 2.13. The van der Waals surface area contributed by atoms with Crippen LogP contribution in [-0.2, 0) is 0 Å². The molecule has 1 aromatic carbocycles. The van der Waals surface area contributed by atoms with Crippen LogP contribution < -0.4 is 0 Å². The number of halogens is 1. The Morgan fingerprint density at radius 3 is 2.67 bits per heavy atom. The zero-order valence-corrected chi connectivity index (χ0v) is 12.1. The molecule has 0 radical (unpaired) electrons. The van der Waals surface area contributed by atoms with Gasteiger partial charge in [-0.15, -0.1) is 0 Å². The van der Waals surface area contributed by atoms with Crippen molar-refractivity contribution in [2.45, 2.75) is 19.8 Å². The van der Waals surface area contributed by atoms with Crippen molar-refractivity contribution in [2.75, 3.05) is 26.3 Å². The highest BCUT2D eigenvalue weighted by Gasteiger charge is 2.17. The van der Waals surface area contributed by atoms with E-state index in [9.17, 15) is 9.18 Å². The lowest BCUT2D eigenvalue weighted by Gasteiger charge is -2.20. The zero-order chi connectivity index (χ0) is 15.7. The molecule has 0 aromatic heterocycles. The van der Waals surface area contributed by atoms with Gasteiger partial charge in [-0.25, -0.2) is 4.39 Å². The van der Waals surface area contributed by atoms with E-state index in [0.29, 0.717) is 31.5 Å². The standard InChI is InChI=1S/C16H20FNO3/c1-2-18(9-5-11-20)16(21)14-8-7-13(12-15(14)17)6-3-4-10-19/h7-8,12,19-20H,2,4-5,9-11H2,1H3. The van der Waals surface area contributed by atoms with E-state index in [1.807, 2.05) is 6.92 Å². The lowest BCUT2D eigenvalue weighted by molar-refractivity contribution is 0.0749. The molecule has 2 N–H and O–H groups in total. The largest absolute Gasteiger partial charge is 0.396 e. The van der Waals surface area contributed by atoms with Crippen LogP contribution in [0.3, 0.4) is 0 Å². The van der Waals surface area contributed by atoms with Crippen molar-refractivity contribution in [1.29, 1.82) is 0 Å². The average Bonchev–Trinajstić information content (AvgIpc) is 2.48. The van der Waals surface area contributed by atoms with E-state index in [1.165, 1.54) is 17.0 Å². The van der Waals surface area contributed by atoms with Crippen LogP contribution in [0.1, 0.15) is 35.7 Å². The Balaban J connectivity index is 2.88. The van der Waals surface area contributed by atoms with E-state index in [-0.39, 0.29) is 18.8 Å². The third kappa shape index (κ3) is 5.18. The van der Waals surface area contributed by atoms with Crippen LogP contribution in [0.2, 0.25) is 0 Å². The van der Waals surface area contributed by atoms with Crippen LogP contribution in [0, 0.1) is 17.7 Å². The number of rotatable bonds is 6. The highest BCUT2D eigenvalue weighted by atomic mass is 19.1. The van der Waals surface area contributed by atoms with Crippen LogP contribution in [0.5, 0.6) is 0 Å². The number of carbonyl (C=O) groups is 1. The van der Waals surface area contributed by atoms with E-state index in [1.54, 1.807) is 6.07 Å². The second-order valence-electron chi connectivity index (χ2n) is 4.43. The second-order valence-corrected chi connectivity index (χ2v) is 4.43. The van der Waals surface area contributed by atoms with Gasteiger partial charge in [0.2, 0.25) is 0 Å². The maximum atomic E-state index is 14.0. The van der Waals surface area contributed by atoms with Gasteiger partial charge in [-0.1, -0.05) is 11.8 Å². The fourth-order valence-electron chi connectivity index (χ4n) is 1.82. The van der Waals surface area contributed by atoms with Gasteiger partial charge in [0.25, 0.3) is 5.91 Å². The first-order valence-corrected chi connectivity index (χ1v) is 6.93. The van der Waals surface area contributed by atoms with E-state index in [4.69, 9.17) is 10.2 Å².